The Morgan fingerprint density at radius 1 is 0.250 bits per heavy atom. The summed E-state index contributed by atoms with van der Waals surface area (Å²) in [5.74, 6) is 0. The maximum Gasteiger partial charge on any atom is 3.00 e. The third-order valence-corrected chi connectivity index (χ3v) is 0. The van der Waals surface area contributed by atoms with Crippen LogP contribution in [0.2, 0.25) is 0 Å². The number of hydrogen-bond donors (Lipinski definition) is 0. The van der Waals surface area contributed by atoms with Crippen LogP contribution in [0.3, 0.4) is 0 Å². The second kappa shape index (κ2) is 46.0. The van der Waals surface area contributed by atoms with Crippen molar-refractivity contribution in [1.82, 2.24) is 0 Å². The molecular weight excluding hydrogens is 816 g/mol. The molecule has 36 heavy (non-hydrogen) atoms. The Hall–Kier alpha value is 1.15. The summed E-state index contributed by atoms with van der Waals surface area (Å²) in [4.78, 5) is 0. The van der Waals surface area contributed by atoms with Gasteiger partial charge >= 0.3 is 68.3 Å². The summed E-state index contributed by atoms with van der Waals surface area (Å²) < 4.78 is 170. The molecule has 0 amide bonds. The maximum atomic E-state index is 8.52. The molecule has 0 spiro atoms. The van der Waals surface area contributed by atoms with Crippen molar-refractivity contribution in [3.05, 3.63) is 0 Å². The molecule has 14 N–H and O–H groups in total. The van der Waals surface area contributed by atoms with Gasteiger partial charge in [-0.25, -0.2) is 0 Å². The molecule has 0 bridgehead atoms. The fourth-order valence-electron chi connectivity index (χ4n) is 0. The van der Waals surface area contributed by atoms with Gasteiger partial charge in [0.25, 0.3) is 0 Å². The van der Waals surface area contributed by atoms with Crippen molar-refractivity contribution in [2.45, 2.75) is 0 Å². The van der Waals surface area contributed by atoms with Gasteiger partial charge in [-0.1, -0.05) is 0 Å². The van der Waals surface area contributed by atoms with Gasteiger partial charge < -0.3 is 83.9 Å². The van der Waals surface area contributed by atoms with E-state index in [1.807, 2.05) is 0 Å². The molecule has 0 aliphatic heterocycles. The van der Waals surface area contributed by atoms with Crippen LogP contribution in [0.1, 0.15) is 0 Å². The van der Waals surface area contributed by atoms with Crippen LogP contribution in [0, 0.1) is 0 Å². The zero-order valence-electron chi connectivity index (χ0n) is 15.1. The second-order valence-corrected chi connectivity index (χ2v) is 6.12. The average molecular weight is 830 g/mol. The third-order valence-electron chi connectivity index (χ3n) is 0. The Kier molecular flexibility index (Phi) is 139. The molecule has 0 aromatic heterocycles. The molecule has 0 aliphatic carbocycles. The molecule has 0 aromatic rings. The minimum atomic E-state index is -5.17. The van der Waals surface area contributed by atoms with Gasteiger partial charge in [0, 0.05) is 52.0 Å². The summed E-state index contributed by atoms with van der Waals surface area (Å²) in [7, 11) is -25.8. The predicted octanol–water partition coefficient (Wildman–Crippen LogP) is -12.5. The zero-order valence-corrected chi connectivity index (χ0v) is 23.6. The topological polar surface area (TPSA) is 622 Å². The van der Waals surface area contributed by atoms with E-state index in [9.17, 15) is 0 Å². The van der Waals surface area contributed by atoms with Crippen molar-refractivity contribution >= 4 is 52.0 Å². The monoisotopic (exact) mass is 830 g/mol. The largest absolute Gasteiger partial charge is 3.00 e. The summed E-state index contributed by atoms with van der Waals surface area (Å²) in [5, 5.41) is 0. The van der Waals surface area contributed by atoms with Crippen molar-refractivity contribution in [2.24, 2.45) is 0 Å². The standard InChI is InChI=1S/4Fe.5H2O4S.7H2O/c;;;;5*1-5(2,3)4;;;;;;;/h;;;;5*(H2,1,2,3,4);7*1H2/q2*+2;2*+3;;;;;;;;;;;;/p-10. The molecule has 0 rings (SSSR count). The van der Waals surface area contributed by atoms with Crippen LogP contribution in [0.4, 0.5) is 0 Å². The fourth-order valence-corrected chi connectivity index (χ4v) is 0. The van der Waals surface area contributed by atoms with Gasteiger partial charge in [-0.2, -0.15) is 0 Å². The summed E-state index contributed by atoms with van der Waals surface area (Å²) in [6, 6.07) is 0. The van der Waals surface area contributed by atoms with Crippen LogP contribution in [0.25, 0.3) is 0 Å². The quantitative estimate of drug-likeness (QED) is 0.124. The van der Waals surface area contributed by atoms with Gasteiger partial charge in [-0.15, -0.1) is 0 Å². The molecule has 0 saturated heterocycles. The van der Waals surface area contributed by atoms with Crippen molar-refractivity contribution in [3.63, 3.8) is 0 Å². The van der Waals surface area contributed by atoms with E-state index >= 15 is 0 Å². The van der Waals surface area contributed by atoms with Crippen LogP contribution in [-0.2, 0) is 120 Å². The van der Waals surface area contributed by atoms with E-state index in [1.54, 1.807) is 0 Å². The molecule has 27 nitrogen and oxygen atoms in total. The van der Waals surface area contributed by atoms with Crippen LogP contribution in [-0.4, -0.2) is 126 Å². The Morgan fingerprint density at radius 3 is 0.250 bits per heavy atom. The van der Waals surface area contributed by atoms with E-state index in [-0.39, 0.29) is 107 Å². The van der Waals surface area contributed by atoms with Crippen LogP contribution >= 0.6 is 0 Å². The minimum absolute atomic E-state index is 0. The van der Waals surface area contributed by atoms with E-state index in [0.29, 0.717) is 0 Å². The normalized spacial score (nSPS) is 8.06. The molecule has 0 unspecified atom stereocenters. The Balaban J connectivity index is -0.00000000922. The van der Waals surface area contributed by atoms with Gasteiger partial charge in [-0.05, 0) is 0 Å². The molecule has 2 radical (unpaired) electrons. The molecule has 0 heterocycles. The number of rotatable bonds is 0. The summed E-state index contributed by atoms with van der Waals surface area (Å²) >= 11 is 0. The zero-order chi connectivity index (χ0) is 22.5. The smallest absolute Gasteiger partial charge is 0.759 e. The van der Waals surface area contributed by atoms with Crippen molar-refractivity contribution in [1.29, 1.82) is 0 Å². The Labute approximate surface area is 244 Å². The first-order valence-corrected chi connectivity index (χ1v) is 10.0. The fraction of sp³-hybridized carbons (Fsp3) is 0. The van der Waals surface area contributed by atoms with Crippen LogP contribution in [0.5, 0.6) is 0 Å². The Bertz CT molecular complexity index is 628. The first-order valence-electron chi connectivity index (χ1n) is 3.33. The molecule has 0 saturated carbocycles. The van der Waals surface area contributed by atoms with E-state index in [2.05, 4.69) is 0 Å². The van der Waals surface area contributed by atoms with Crippen molar-refractivity contribution in [2.75, 3.05) is 0 Å². The second-order valence-electron chi connectivity index (χ2n) is 2.04. The molecule has 0 fully saturated rings. The maximum absolute atomic E-state index is 8.52. The molecule has 238 valence electrons. The van der Waals surface area contributed by atoms with Gasteiger partial charge in [0.05, 0.1) is 0 Å². The average Bonchev–Trinajstić information content (AvgIpc) is 1.79. The van der Waals surface area contributed by atoms with Gasteiger partial charge in [-0.3, -0.25) is 42.1 Å². The van der Waals surface area contributed by atoms with E-state index in [4.69, 9.17) is 87.6 Å². The van der Waals surface area contributed by atoms with Gasteiger partial charge in [0.1, 0.15) is 0 Å². The Morgan fingerprint density at radius 2 is 0.250 bits per heavy atom. The summed E-state index contributed by atoms with van der Waals surface area (Å²) in [6.07, 6.45) is 0. The van der Waals surface area contributed by atoms with Gasteiger partial charge in [0.15, 0.2) is 0 Å². The van der Waals surface area contributed by atoms with Gasteiger partial charge in [0.2, 0.25) is 0 Å². The van der Waals surface area contributed by atoms with E-state index in [1.165, 1.54) is 0 Å². The first kappa shape index (κ1) is 109. The molecular formula is H14Fe4O27S5. The third kappa shape index (κ3) is 31100. The summed E-state index contributed by atoms with van der Waals surface area (Å²) in [6.45, 7) is 0. The molecule has 36 heteroatoms. The molecule has 0 aliphatic rings. The minimum Gasteiger partial charge on any atom is -0.759 e. The van der Waals surface area contributed by atoms with Crippen LogP contribution in [0.15, 0.2) is 0 Å². The molecule has 0 atom stereocenters. The SMILES string of the molecule is O.O.O.O.O.O.O.O=S(=O)([O-])[O-].O=S(=O)([O-])[O-].O=S(=O)([O-])[O-].O=S(=O)([O-])[O-].O=S(=O)([O-])[O-].[Fe+2].[Fe+2].[Fe+3].[Fe+3]. The predicted molar refractivity (Wildman–Crippen MR) is 77.7 cm³/mol. The van der Waals surface area contributed by atoms with E-state index < -0.39 is 52.0 Å². The summed E-state index contributed by atoms with van der Waals surface area (Å²) in [5.41, 5.74) is 0. The van der Waals surface area contributed by atoms with Crippen LogP contribution < -0.4 is 0 Å². The first-order chi connectivity index (χ1) is 10.0. The van der Waals surface area contributed by atoms with E-state index in [0.717, 1.165) is 0 Å². The van der Waals surface area contributed by atoms with Crippen molar-refractivity contribution in [3.8, 4) is 0 Å². The van der Waals surface area contributed by atoms with Crippen molar-refractivity contribution < 1.29 is 194 Å². The molecule has 0 aromatic carbocycles. The number of hydrogen-bond acceptors (Lipinski definition) is 20.